The van der Waals surface area contributed by atoms with Crippen LogP contribution in [-0.2, 0) is 0 Å². The molecule has 0 amide bonds. The summed E-state index contributed by atoms with van der Waals surface area (Å²) in [4.78, 5) is 0. The Bertz CT molecular complexity index is 316. The molecule has 0 saturated heterocycles. The lowest BCUT2D eigenvalue weighted by Crippen LogP contribution is -2.13. The van der Waals surface area contributed by atoms with Gasteiger partial charge in [-0.2, -0.15) is 0 Å². The Morgan fingerprint density at radius 3 is 2.56 bits per heavy atom. The van der Waals surface area contributed by atoms with Crippen LogP contribution in [0.5, 0.6) is 0 Å². The van der Waals surface area contributed by atoms with Crippen LogP contribution in [0.15, 0.2) is 28.7 Å². The highest BCUT2D eigenvalue weighted by atomic mass is 79.9. The second-order valence-corrected chi connectivity index (χ2v) is 5.66. The molecule has 1 N–H and O–H groups in total. The number of halogens is 1. The predicted octanol–water partition coefficient (Wildman–Crippen LogP) is 4.83. The fourth-order valence-corrected chi connectivity index (χ4v) is 2.83. The Morgan fingerprint density at radius 2 is 1.88 bits per heavy atom. The molecular formula is C14H20BrN. The average Bonchev–Trinajstić information content (AvgIpc) is 2.55. The molecule has 1 aromatic carbocycles. The quantitative estimate of drug-likeness (QED) is 0.783. The summed E-state index contributed by atoms with van der Waals surface area (Å²) in [5, 5.41) is 3.55. The van der Waals surface area contributed by atoms with Crippen LogP contribution in [0.3, 0.4) is 0 Å². The summed E-state index contributed by atoms with van der Waals surface area (Å²) in [5.41, 5.74) is 1.23. The van der Waals surface area contributed by atoms with Crippen molar-refractivity contribution in [2.24, 2.45) is 5.92 Å². The van der Waals surface area contributed by atoms with Gasteiger partial charge in [0.2, 0.25) is 0 Å². The lowest BCUT2D eigenvalue weighted by Gasteiger charge is -2.15. The Balaban J connectivity index is 1.81. The van der Waals surface area contributed by atoms with E-state index in [1.165, 1.54) is 44.2 Å². The molecule has 1 fully saturated rings. The second-order valence-electron chi connectivity index (χ2n) is 4.75. The molecule has 1 aliphatic rings. The van der Waals surface area contributed by atoms with E-state index in [-0.39, 0.29) is 0 Å². The molecule has 0 bridgehead atoms. The molecule has 1 aromatic rings. The molecule has 0 atom stereocenters. The first kappa shape index (κ1) is 12.0. The van der Waals surface area contributed by atoms with Crippen LogP contribution in [0.4, 0.5) is 5.69 Å². The van der Waals surface area contributed by atoms with Crippen molar-refractivity contribution in [2.45, 2.75) is 38.5 Å². The Morgan fingerprint density at radius 1 is 1.12 bits per heavy atom. The lowest BCUT2D eigenvalue weighted by atomic mass is 10.0. The van der Waals surface area contributed by atoms with E-state index < -0.39 is 0 Å². The van der Waals surface area contributed by atoms with Gasteiger partial charge < -0.3 is 5.32 Å². The fourth-order valence-electron chi connectivity index (χ4n) is 2.43. The van der Waals surface area contributed by atoms with Gasteiger partial charge in [-0.25, -0.2) is 0 Å². The van der Waals surface area contributed by atoms with Crippen molar-refractivity contribution >= 4 is 21.6 Å². The third-order valence-corrected chi connectivity index (χ3v) is 3.89. The number of anilines is 1. The van der Waals surface area contributed by atoms with Crippen molar-refractivity contribution in [3.8, 4) is 0 Å². The summed E-state index contributed by atoms with van der Waals surface area (Å²) in [6, 6.07) is 8.44. The third-order valence-electron chi connectivity index (χ3n) is 3.39. The molecular weight excluding hydrogens is 262 g/mol. The van der Waals surface area contributed by atoms with Crippen molar-refractivity contribution in [3.05, 3.63) is 28.7 Å². The first-order valence-corrected chi connectivity index (χ1v) is 7.13. The van der Waals surface area contributed by atoms with E-state index in [2.05, 4.69) is 45.5 Å². The molecule has 0 aromatic heterocycles. The van der Waals surface area contributed by atoms with Crippen molar-refractivity contribution < 1.29 is 0 Å². The molecule has 1 aliphatic carbocycles. The third kappa shape index (κ3) is 3.82. The van der Waals surface area contributed by atoms with E-state index in [9.17, 15) is 0 Å². The Labute approximate surface area is 107 Å². The summed E-state index contributed by atoms with van der Waals surface area (Å²) in [7, 11) is 0. The zero-order chi connectivity index (χ0) is 11.2. The minimum absolute atomic E-state index is 0.876. The molecule has 1 saturated carbocycles. The molecule has 2 heteroatoms. The zero-order valence-electron chi connectivity index (χ0n) is 9.71. The highest BCUT2D eigenvalue weighted by Gasteiger charge is 2.11. The number of hydrogen-bond donors (Lipinski definition) is 1. The smallest absolute Gasteiger partial charge is 0.0351 e. The fraction of sp³-hybridized carbons (Fsp3) is 0.571. The largest absolute Gasteiger partial charge is 0.385 e. The molecule has 16 heavy (non-hydrogen) atoms. The molecule has 2 rings (SSSR count). The van der Waals surface area contributed by atoms with Crippen LogP contribution in [-0.4, -0.2) is 6.54 Å². The van der Waals surface area contributed by atoms with Gasteiger partial charge in [0.1, 0.15) is 0 Å². The summed E-state index contributed by atoms with van der Waals surface area (Å²) in [6.45, 7) is 1.14. The summed E-state index contributed by atoms with van der Waals surface area (Å²) in [5.74, 6) is 0.876. The van der Waals surface area contributed by atoms with Crippen LogP contribution < -0.4 is 5.32 Å². The molecule has 0 spiro atoms. The van der Waals surface area contributed by atoms with E-state index in [0.29, 0.717) is 0 Å². The summed E-state index contributed by atoms with van der Waals surface area (Å²) >= 11 is 3.50. The van der Waals surface area contributed by atoms with Gasteiger partial charge in [0, 0.05) is 16.7 Å². The molecule has 88 valence electrons. The maximum atomic E-state index is 3.55. The zero-order valence-corrected chi connectivity index (χ0v) is 11.3. The van der Waals surface area contributed by atoms with E-state index >= 15 is 0 Å². The summed E-state index contributed by atoms with van der Waals surface area (Å²) in [6.07, 6.45) is 8.53. The first-order chi connectivity index (χ1) is 7.84. The predicted molar refractivity (Wildman–Crippen MR) is 73.8 cm³/mol. The average molecular weight is 282 g/mol. The van der Waals surface area contributed by atoms with Gasteiger partial charge in [-0.1, -0.05) is 47.7 Å². The van der Waals surface area contributed by atoms with E-state index in [1.807, 2.05) is 0 Å². The molecule has 0 unspecified atom stereocenters. The van der Waals surface area contributed by atoms with Gasteiger partial charge in [0.25, 0.3) is 0 Å². The maximum Gasteiger partial charge on any atom is 0.0351 e. The first-order valence-electron chi connectivity index (χ1n) is 6.34. The van der Waals surface area contributed by atoms with Crippen LogP contribution in [0.25, 0.3) is 0 Å². The normalized spacial score (nSPS) is 18.1. The number of nitrogens with one attached hydrogen (secondary N) is 1. The lowest BCUT2D eigenvalue weighted by molar-refractivity contribution is 0.483. The maximum absolute atomic E-state index is 3.55. The molecule has 0 heterocycles. The number of rotatable bonds is 3. The monoisotopic (exact) mass is 281 g/mol. The van der Waals surface area contributed by atoms with Gasteiger partial charge in [-0.05, 0) is 37.0 Å². The topological polar surface area (TPSA) is 12.0 Å². The number of benzene rings is 1. The number of hydrogen-bond acceptors (Lipinski definition) is 1. The van der Waals surface area contributed by atoms with E-state index in [0.717, 1.165) is 16.9 Å². The molecule has 1 nitrogen and oxygen atoms in total. The van der Waals surface area contributed by atoms with Gasteiger partial charge in [-0.3, -0.25) is 0 Å². The van der Waals surface area contributed by atoms with Gasteiger partial charge in [-0.15, -0.1) is 0 Å². The Kier molecular flexibility index (Phi) is 4.70. The standard InChI is InChI=1S/C14H20BrN/c15-13-8-5-9-14(10-13)16-11-12-6-3-1-2-4-7-12/h5,8-10,12,16H,1-4,6-7,11H2. The Hall–Kier alpha value is -0.500. The second kappa shape index (κ2) is 6.29. The van der Waals surface area contributed by atoms with Crippen LogP contribution in [0.2, 0.25) is 0 Å². The van der Waals surface area contributed by atoms with Gasteiger partial charge >= 0.3 is 0 Å². The van der Waals surface area contributed by atoms with Gasteiger partial charge in [0.05, 0.1) is 0 Å². The van der Waals surface area contributed by atoms with Gasteiger partial charge in [0.15, 0.2) is 0 Å². The van der Waals surface area contributed by atoms with Crippen LogP contribution in [0.1, 0.15) is 38.5 Å². The highest BCUT2D eigenvalue weighted by Crippen LogP contribution is 2.23. The highest BCUT2D eigenvalue weighted by molar-refractivity contribution is 9.10. The summed E-state index contributed by atoms with van der Waals surface area (Å²) < 4.78 is 1.15. The van der Waals surface area contributed by atoms with E-state index in [1.54, 1.807) is 0 Å². The van der Waals surface area contributed by atoms with Crippen molar-refractivity contribution in [2.75, 3.05) is 11.9 Å². The molecule has 0 aliphatic heterocycles. The van der Waals surface area contributed by atoms with E-state index in [4.69, 9.17) is 0 Å². The van der Waals surface area contributed by atoms with Crippen molar-refractivity contribution in [1.29, 1.82) is 0 Å². The van der Waals surface area contributed by atoms with Crippen LogP contribution >= 0.6 is 15.9 Å². The minimum atomic E-state index is 0.876. The van der Waals surface area contributed by atoms with Crippen molar-refractivity contribution in [1.82, 2.24) is 0 Å². The molecule has 0 radical (unpaired) electrons. The SMILES string of the molecule is Brc1cccc(NCC2CCCCCC2)c1. The van der Waals surface area contributed by atoms with Crippen LogP contribution in [0, 0.1) is 5.92 Å². The van der Waals surface area contributed by atoms with Crippen molar-refractivity contribution in [3.63, 3.8) is 0 Å². The minimum Gasteiger partial charge on any atom is -0.385 e.